The topological polar surface area (TPSA) is 78.9 Å². The maximum Gasteiger partial charge on any atom is 0.337 e. The van der Waals surface area contributed by atoms with E-state index >= 15 is 0 Å². The van der Waals surface area contributed by atoms with Crippen molar-refractivity contribution in [1.29, 1.82) is 0 Å². The molecule has 2 aliphatic heterocycles. The molecule has 2 atom stereocenters. The molecule has 0 saturated carbocycles. The molecule has 0 aliphatic carbocycles. The van der Waals surface area contributed by atoms with Crippen molar-refractivity contribution in [3.8, 4) is 0 Å². The van der Waals surface area contributed by atoms with Crippen molar-refractivity contribution in [2.24, 2.45) is 5.92 Å². The number of benzene rings is 1. The lowest BCUT2D eigenvalue weighted by Gasteiger charge is -2.27. The van der Waals surface area contributed by atoms with Crippen LogP contribution < -0.4 is 10.2 Å². The van der Waals surface area contributed by atoms with Gasteiger partial charge in [-0.05, 0) is 12.1 Å². The molecule has 2 aliphatic rings. The molecule has 2 unspecified atom stereocenters. The van der Waals surface area contributed by atoms with Crippen LogP contribution in [0.3, 0.4) is 0 Å². The first-order valence-corrected chi connectivity index (χ1v) is 6.07. The fourth-order valence-corrected chi connectivity index (χ4v) is 2.71. The summed E-state index contributed by atoms with van der Waals surface area (Å²) < 4.78 is 5.36. The number of carboxylic acid groups (broad SMARTS) is 1. The van der Waals surface area contributed by atoms with E-state index in [9.17, 15) is 14.7 Å². The van der Waals surface area contributed by atoms with Gasteiger partial charge in [0.2, 0.25) is 5.91 Å². The van der Waals surface area contributed by atoms with Crippen LogP contribution in [0.15, 0.2) is 18.2 Å². The van der Waals surface area contributed by atoms with E-state index in [1.54, 1.807) is 6.07 Å². The molecule has 0 radical (unpaired) electrons. The summed E-state index contributed by atoms with van der Waals surface area (Å²) in [6.07, 6.45) is 0. The number of carboxylic acids is 1. The molecule has 0 aromatic heterocycles. The Hall–Kier alpha value is -2.08. The van der Waals surface area contributed by atoms with E-state index in [4.69, 9.17) is 4.74 Å². The molecule has 1 fully saturated rings. The van der Waals surface area contributed by atoms with Gasteiger partial charge < -0.3 is 20.1 Å². The van der Waals surface area contributed by atoms with Crippen LogP contribution >= 0.6 is 0 Å². The van der Waals surface area contributed by atoms with E-state index in [1.807, 2.05) is 18.0 Å². The Kier molecular flexibility index (Phi) is 2.67. The van der Waals surface area contributed by atoms with Gasteiger partial charge in [-0.1, -0.05) is 6.07 Å². The van der Waals surface area contributed by atoms with E-state index in [0.717, 1.165) is 0 Å². The van der Waals surface area contributed by atoms with E-state index in [1.165, 1.54) is 6.07 Å². The molecular formula is C13H14N2O4. The predicted molar refractivity (Wildman–Crippen MR) is 68.5 cm³/mol. The van der Waals surface area contributed by atoms with Gasteiger partial charge >= 0.3 is 5.97 Å². The molecule has 3 rings (SSSR count). The lowest BCUT2D eigenvalue weighted by atomic mass is 10.0. The van der Waals surface area contributed by atoms with Crippen molar-refractivity contribution in [3.05, 3.63) is 23.8 Å². The number of likely N-dealkylation sites (N-methyl/N-ethyl adjacent to an activating group) is 1. The number of nitrogens with one attached hydrogen (secondary N) is 1. The number of hydrogen-bond acceptors (Lipinski definition) is 4. The molecule has 1 amide bonds. The smallest absolute Gasteiger partial charge is 0.337 e. The second kappa shape index (κ2) is 4.24. The molecule has 0 bridgehead atoms. The number of hydrogen-bond donors (Lipinski definition) is 2. The average molecular weight is 262 g/mol. The summed E-state index contributed by atoms with van der Waals surface area (Å²) in [5.74, 6) is -1.49. The first kappa shape index (κ1) is 12.0. The second-order valence-corrected chi connectivity index (χ2v) is 4.82. The number of para-hydroxylation sites is 1. The van der Waals surface area contributed by atoms with E-state index in [0.29, 0.717) is 24.6 Å². The quantitative estimate of drug-likeness (QED) is 0.782. The van der Waals surface area contributed by atoms with Gasteiger partial charge in [-0.25, -0.2) is 4.79 Å². The fourth-order valence-electron chi connectivity index (χ4n) is 2.71. The Morgan fingerprint density at radius 3 is 3.00 bits per heavy atom. The van der Waals surface area contributed by atoms with Gasteiger partial charge in [-0.2, -0.15) is 0 Å². The monoisotopic (exact) mass is 262 g/mol. The second-order valence-electron chi connectivity index (χ2n) is 4.82. The molecule has 19 heavy (non-hydrogen) atoms. The van der Waals surface area contributed by atoms with Crippen molar-refractivity contribution in [3.63, 3.8) is 0 Å². The van der Waals surface area contributed by atoms with Gasteiger partial charge in [0.25, 0.3) is 0 Å². The minimum absolute atomic E-state index is 0.0507. The number of amides is 1. The number of aromatic carboxylic acids is 1. The first-order valence-electron chi connectivity index (χ1n) is 6.07. The predicted octanol–water partition coefficient (Wildman–Crippen LogP) is 0.788. The highest BCUT2D eigenvalue weighted by atomic mass is 16.5. The van der Waals surface area contributed by atoms with Crippen LogP contribution in [0.1, 0.15) is 10.4 Å². The van der Waals surface area contributed by atoms with Crippen molar-refractivity contribution in [2.45, 2.75) is 6.04 Å². The molecule has 100 valence electrons. The van der Waals surface area contributed by atoms with Crippen LogP contribution in [-0.4, -0.2) is 43.3 Å². The van der Waals surface area contributed by atoms with E-state index in [2.05, 4.69) is 5.32 Å². The van der Waals surface area contributed by atoms with Crippen LogP contribution in [-0.2, 0) is 9.53 Å². The summed E-state index contributed by atoms with van der Waals surface area (Å²) in [6.45, 7) is 0.850. The maximum atomic E-state index is 12.2. The van der Waals surface area contributed by atoms with Crippen molar-refractivity contribution in [2.75, 3.05) is 30.5 Å². The van der Waals surface area contributed by atoms with Gasteiger partial charge in [-0.15, -0.1) is 0 Å². The van der Waals surface area contributed by atoms with Gasteiger partial charge in [0, 0.05) is 7.05 Å². The minimum Gasteiger partial charge on any atom is -0.478 e. The van der Waals surface area contributed by atoms with Crippen LogP contribution in [0.2, 0.25) is 0 Å². The minimum atomic E-state index is -1.05. The zero-order valence-electron chi connectivity index (χ0n) is 10.4. The molecule has 6 nitrogen and oxygen atoms in total. The third-order valence-corrected chi connectivity index (χ3v) is 3.79. The van der Waals surface area contributed by atoms with Gasteiger partial charge in [0.05, 0.1) is 42.1 Å². The van der Waals surface area contributed by atoms with Crippen LogP contribution in [0.5, 0.6) is 0 Å². The summed E-state index contributed by atoms with van der Waals surface area (Å²) in [7, 11) is 1.86. The van der Waals surface area contributed by atoms with E-state index < -0.39 is 5.97 Å². The average Bonchev–Trinajstić information content (AvgIpc) is 2.83. The van der Waals surface area contributed by atoms with Gasteiger partial charge in [-0.3, -0.25) is 4.79 Å². The first-order chi connectivity index (χ1) is 9.09. The third-order valence-electron chi connectivity index (χ3n) is 3.79. The number of carbonyl (C=O) groups excluding carboxylic acids is 1. The van der Waals surface area contributed by atoms with Crippen molar-refractivity contribution in [1.82, 2.24) is 0 Å². The Morgan fingerprint density at radius 2 is 2.26 bits per heavy atom. The maximum absolute atomic E-state index is 12.2. The zero-order chi connectivity index (χ0) is 13.6. The number of carbonyl (C=O) groups is 2. The number of fused-ring (bicyclic) bond motifs is 2. The summed E-state index contributed by atoms with van der Waals surface area (Å²) in [6, 6.07) is 4.93. The lowest BCUT2D eigenvalue weighted by molar-refractivity contribution is -0.120. The largest absolute Gasteiger partial charge is 0.478 e. The SMILES string of the molecule is CN1c2cccc(C(=O)O)c2NC(=O)C2COCC21. The Labute approximate surface area is 110 Å². The van der Waals surface area contributed by atoms with Crippen LogP contribution in [0, 0.1) is 5.92 Å². The van der Waals surface area contributed by atoms with Crippen molar-refractivity contribution < 1.29 is 19.4 Å². The van der Waals surface area contributed by atoms with Gasteiger partial charge in [0.15, 0.2) is 0 Å². The normalized spacial score (nSPS) is 25.3. The molecule has 1 aromatic carbocycles. The number of nitrogens with zero attached hydrogens (tertiary/aromatic N) is 1. The highest BCUT2D eigenvalue weighted by Crippen LogP contribution is 2.36. The number of ether oxygens (including phenoxy) is 1. The molecule has 2 heterocycles. The molecule has 1 aromatic rings. The van der Waals surface area contributed by atoms with Gasteiger partial charge in [0.1, 0.15) is 0 Å². The third kappa shape index (κ3) is 1.76. The molecular weight excluding hydrogens is 248 g/mol. The standard InChI is InChI=1S/C13H14N2O4/c1-15-9-4-2-3-7(13(17)18)11(9)14-12(16)8-5-19-6-10(8)15/h2-4,8,10H,5-6H2,1H3,(H,14,16)(H,17,18). The lowest BCUT2D eigenvalue weighted by Crippen LogP contribution is -2.40. The van der Waals surface area contributed by atoms with E-state index in [-0.39, 0.29) is 23.4 Å². The molecule has 2 N–H and O–H groups in total. The number of rotatable bonds is 1. The number of anilines is 2. The highest BCUT2D eigenvalue weighted by Gasteiger charge is 2.40. The summed E-state index contributed by atoms with van der Waals surface area (Å²) in [4.78, 5) is 25.3. The Morgan fingerprint density at radius 1 is 1.47 bits per heavy atom. The zero-order valence-corrected chi connectivity index (χ0v) is 10.4. The molecule has 1 saturated heterocycles. The molecule has 6 heteroatoms. The fraction of sp³-hybridized carbons (Fsp3) is 0.385. The highest BCUT2D eigenvalue weighted by molar-refractivity contribution is 6.06. The summed E-state index contributed by atoms with van der Waals surface area (Å²) in [5, 5.41) is 11.9. The summed E-state index contributed by atoms with van der Waals surface area (Å²) >= 11 is 0. The van der Waals surface area contributed by atoms with Crippen LogP contribution in [0.25, 0.3) is 0 Å². The Bertz CT molecular complexity index is 558. The molecule has 0 spiro atoms. The van der Waals surface area contributed by atoms with Crippen molar-refractivity contribution >= 4 is 23.3 Å². The van der Waals surface area contributed by atoms with Crippen LogP contribution in [0.4, 0.5) is 11.4 Å². The summed E-state index contributed by atoms with van der Waals surface area (Å²) in [5.41, 5.74) is 1.20. The Balaban J connectivity index is 2.14.